The highest BCUT2D eigenvalue weighted by atomic mass is 16.6. The molecule has 0 bridgehead atoms. The van der Waals surface area contributed by atoms with E-state index in [-0.39, 0.29) is 35.3 Å². The van der Waals surface area contributed by atoms with E-state index in [9.17, 15) is 9.59 Å². The first-order chi connectivity index (χ1) is 25.7. The summed E-state index contributed by atoms with van der Waals surface area (Å²) in [5, 5.41) is 2.31. The number of piperidine rings is 4. The van der Waals surface area contributed by atoms with Gasteiger partial charge in [0.05, 0.1) is 23.8 Å². The van der Waals surface area contributed by atoms with Crippen molar-refractivity contribution < 1.29 is 19.1 Å². The van der Waals surface area contributed by atoms with E-state index >= 15 is 0 Å². The molecule has 276 valence electrons. The van der Waals surface area contributed by atoms with Crippen molar-refractivity contribution in [1.29, 1.82) is 0 Å². The molecule has 10 heteroatoms. The molecule has 4 aliphatic carbocycles. The first kappa shape index (κ1) is 32.3. The minimum Gasteiger partial charge on any atom is -0.444 e. The van der Waals surface area contributed by atoms with Crippen molar-refractivity contribution in [3.8, 4) is 33.6 Å². The molecule has 4 saturated carbocycles. The molecule has 0 spiro atoms. The molecule has 6 fully saturated rings. The Kier molecular flexibility index (Phi) is 6.19. The van der Waals surface area contributed by atoms with Crippen LogP contribution in [0, 0.1) is 23.7 Å². The molecule has 5 aromatic rings. The Morgan fingerprint density at radius 1 is 0.630 bits per heavy atom. The predicted molar refractivity (Wildman–Crippen MR) is 204 cm³/mol. The number of H-pyrrole nitrogens is 2. The maximum atomic E-state index is 13.3. The molecule has 3 aromatic carbocycles. The predicted octanol–water partition coefficient (Wildman–Crippen LogP) is 9.00. The third kappa shape index (κ3) is 4.70. The first-order valence-electron chi connectivity index (χ1n) is 19.5. The van der Waals surface area contributed by atoms with Crippen molar-refractivity contribution in [2.75, 3.05) is 0 Å². The number of benzene rings is 3. The Bertz CT molecular complexity index is 2400. The summed E-state index contributed by atoms with van der Waals surface area (Å²) in [6, 6.07) is 22.2. The summed E-state index contributed by atoms with van der Waals surface area (Å²) in [5.41, 5.74) is 4.52. The van der Waals surface area contributed by atoms with E-state index in [2.05, 4.69) is 70.6 Å². The zero-order valence-electron chi connectivity index (χ0n) is 31.6. The van der Waals surface area contributed by atoms with Gasteiger partial charge in [-0.15, -0.1) is 0 Å². The summed E-state index contributed by atoms with van der Waals surface area (Å²) in [7, 11) is 0. The third-order valence-electron chi connectivity index (χ3n) is 13.0. The highest BCUT2D eigenvalue weighted by molar-refractivity contribution is 5.90. The van der Waals surface area contributed by atoms with Crippen LogP contribution in [0.2, 0.25) is 0 Å². The normalized spacial score (nSPS) is 31.1. The first-order valence-corrected chi connectivity index (χ1v) is 19.5. The molecule has 2 aromatic heterocycles. The number of ether oxygens (including phenoxy) is 2. The largest absolute Gasteiger partial charge is 0.444 e. The molecule has 0 radical (unpaired) electrons. The Hall–Kier alpha value is -5.12. The summed E-state index contributed by atoms with van der Waals surface area (Å²) < 4.78 is 11.7. The zero-order chi connectivity index (χ0) is 37.1. The van der Waals surface area contributed by atoms with Crippen LogP contribution in [0.4, 0.5) is 9.59 Å². The van der Waals surface area contributed by atoms with Crippen LogP contribution in [0.5, 0.6) is 0 Å². The Balaban J connectivity index is 0.806. The third-order valence-corrected chi connectivity index (χ3v) is 13.0. The molecule has 2 amide bonds. The number of aromatic nitrogens is 4. The van der Waals surface area contributed by atoms with Crippen molar-refractivity contribution >= 4 is 23.0 Å². The molecule has 4 heterocycles. The molecule has 11 rings (SSSR count). The van der Waals surface area contributed by atoms with E-state index < -0.39 is 11.2 Å². The number of hydrogen-bond acceptors (Lipinski definition) is 6. The van der Waals surface area contributed by atoms with Gasteiger partial charge in [0.1, 0.15) is 33.9 Å². The van der Waals surface area contributed by atoms with Crippen LogP contribution in [0.3, 0.4) is 0 Å². The monoisotopic (exact) mass is 722 g/mol. The van der Waals surface area contributed by atoms with Crippen LogP contribution >= 0.6 is 0 Å². The van der Waals surface area contributed by atoms with Crippen LogP contribution in [0.1, 0.15) is 78.9 Å². The number of likely N-dealkylation sites (tertiary alicyclic amines) is 2. The number of imidazole rings is 2. The topological polar surface area (TPSA) is 116 Å². The van der Waals surface area contributed by atoms with Gasteiger partial charge in [-0.2, -0.15) is 0 Å². The molecule has 8 atom stereocenters. The maximum Gasteiger partial charge on any atom is 0.411 e. The fraction of sp³-hybridized carbons (Fsp3) is 0.455. The van der Waals surface area contributed by atoms with Crippen molar-refractivity contribution in [3.05, 3.63) is 84.7 Å². The minimum absolute atomic E-state index is 0.223. The van der Waals surface area contributed by atoms with Gasteiger partial charge in [0.25, 0.3) is 0 Å². The minimum atomic E-state index is -0.534. The quantitative estimate of drug-likeness (QED) is 0.187. The van der Waals surface area contributed by atoms with Crippen LogP contribution in [0.25, 0.3) is 44.4 Å². The lowest BCUT2D eigenvalue weighted by atomic mass is 9.98. The Labute approximate surface area is 314 Å². The zero-order valence-corrected chi connectivity index (χ0v) is 31.6. The highest BCUT2D eigenvalue weighted by Crippen LogP contribution is 2.75. The number of fused-ring (bicyclic) bond motifs is 7. The number of carbonyl (C=O) groups is 2. The molecular formula is C44H46N6O4. The maximum absolute atomic E-state index is 13.3. The standard InChI is InChI=1S/C44H46N6O4/c1-41(2,3)53-39(51)49-35-17-29(35)31-19-43(31,49)37-45-21-33(47-37)24-9-7-23(8-10-24)25-11-12-27-16-28(14-13-26(27)15-25)34-22-46-38(48-34)44-20-32(44)30-18-36(30)50(44)40(52)54-42(4,5)6/h7-16,21-22,29-32,35-36H,17-20H2,1-6H3,(H,45,47)(H,46,48). The summed E-state index contributed by atoms with van der Waals surface area (Å²) in [6.45, 7) is 11.5. The Morgan fingerprint density at radius 2 is 1.06 bits per heavy atom. The smallest absolute Gasteiger partial charge is 0.411 e. The van der Waals surface area contributed by atoms with Crippen molar-refractivity contribution in [2.45, 2.75) is 102 Å². The van der Waals surface area contributed by atoms with E-state index in [1.807, 2.05) is 63.7 Å². The van der Waals surface area contributed by atoms with Crippen LogP contribution in [0.15, 0.2) is 73.1 Å². The average molecular weight is 723 g/mol. The van der Waals surface area contributed by atoms with Crippen molar-refractivity contribution in [3.63, 3.8) is 0 Å². The van der Waals surface area contributed by atoms with E-state index in [1.54, 1.807) is 0 Å². The van der Waals surface area contributed by atoms with E-state index in [4.69, 9.17) is 19.4 Å². The number of hydrogen-bond donors (Lipinski definition) is 2. The van der Waals surface area contributed by atoms with E-state index in [0.717, 1.165) is 81.7 Å². The summed E-state index contributed by atoms with van der Waals surface area (Å²) >= 11 is 0. The molecule has 2 aliphatic heterocycles. The molecule has 6 aliphatic rings. The molecule has 2 N–H and O–H groups in total. The fourth-order valence-corrected chi connectivity index (χ4v) is 10.4. The lowest BCUT2D eigenvalue weighted by molar-refractivity contribution is 0.0105. The second kappa shape index (κ2) is 10.3. The number of nitrogens with one attached hydrogen (secondary N) is 2. The molecule has 2 saturated heterocycles. The lowest BCUT2D eigenvalue weighted by Gasteiger charge is -2.31. The number of nitrogens with zero attached hydrogens (tertiary/aromatic N) is 4. The van der Waals surface area contributed by atoms with Crippen molar-refractivity contribution in [2.24, 2.45) is 23.7 Å². The van der Waals surface area contributed by atoms with Gasteiger partial charge in [-0.3, -0.25) is 9.80 Å². The van der Waals surface area contributed by atoms with E-state index in [0.29, 0.717) is 23.7 Å². The van der Waals surface area contributed by atoms with Gasteiger partial charge in [-0.1, -0.05) is 48.5 Å². The summed E-state index contributed by atoms with van der Waals surface area (Å²) in [5.74, 6) is 3.79. The molecular weight excluding hydrogens is 677 g/mol. The second-order valence-corrected chi connectivity index (χ2v) is 18.7. The van der Waals surface area contributed by atoms with Crippen molar-refractivity contribution in [1.82, 2.24) is 29.7 Å². The summed E-state index contributed by atoms with van der Waals surface area (Å²) in [6.07, 6.45) is 7.40. The average Bonchev–Trinajstić information content (AvgIpc) is 4.09. The fourth-order valence-electron chi connectivity index (χ4n) is 10.4. The van der Waals surface area contributed by atoms with Crippen LogP contribution in [-0.4, -0.2) is 65.2 Å². The lowest BCUT2D eigenvalue weighted by Crippen LogP contribution is -2.44. The van der Waals surface area contributed by atoms with Gasteiger partial charge in [0.15, 0.2) is 0 Å². The number of rotatable bonds is 5. The second-order valence-electron chi connectivity index (χ2n) is 18.7. The van der Waals surface area contributed by atoms with Crippen LogP contribution < -0.4 is 0 Å². The van der Waals surface area contributed by atoms with Gasteiger partial charge in [-0.25, -0.2) is 19.6 Å². The van der Waals surface area contributed by atoms with E-state index in [1.165, 1.54) is 0 Å². The Morgan fingerprint density at radius 3 is 1.56 bits per heavy atom. The van der Waals surface area contributed by atoms with Gasteiger partial charge < -0.3 is 19.4 Å². The highest BCUT2D eigenvalue weighted by Gasteiger charge is 2.80. The van der Waals surface area contributed by atoms with Crippen LogP contribution in [-0.2, 0) is 20.6 Å². The number of aromatic amines is 2. The number of amides is 2. The SMILES string of the molecule is CC(C)(C)OC(=O)N1C2CC2C2CC21c1ncc(-c2ccc(-c3ccc4cc(-c5cnc(C67CC6C6CC6N7C(=O)OC(C)(C)C)[nH]5)ccc4c3)cc2)[nH]1. The van der Waals surface area contributed by atoms with Gasteiger partial charge in [0.2, 0.25) is 0 Å². The number of carbonyl (C=O) groups excluding carboxylic acids is 2. The molecule has 10 nitrogen and oxygen atoms in total. The molecule has 8 unspecified atom stereocenters. The van der Waals surface area contributed by atoms with Gasteiger partial charge >= 0.3 is 12.2 Å². The van der Waals surface area contributed by atoms with Gasteiger partial charge in [0, 0.05) is 17.6 Å². The summed E-state index contributed by atoms with van der Waals surface area (Å²) in [4.78, 5) is 47.5. The van der Waals surface area contributed by atoms with Gasteiger partial charge in [-0.05, 0) is 130 Å². The molecule has 54 heavy (non-hydrogen) atoms.